The number of rotatable bonds is 2. The van der Waals surface area contributed by atoms with Crippen LogP contribution in [-0.2, 0) is 6.18 Å². The average molecular weight is 297 g/mol. The molecule has 1 aromatic carbocycles. The smallest absolute Gasteiger partial charge is 0.368 e. The van der Waals surface area contributed by atoms with Crippen molar-refractivity contribution in [3.8, 4) is 6.07 Å². The van der Waals surface area contributed by atoms with E-state index in [1.807, 2.05) is 11.8 Å². The second-order valence-electron chi connectivity index (χ2n) is 5.52. The average Bonchev–Trinajstić information content (AvgIpc) is 2.46. The molecule has 0 amide bonds. The van der Waals surface area contributed by atoms with E-state index in [4.69, 9.17) is 11.0 Å². The van der Waals surface area contributed by atoms with Crippen molar-refractivity contribution in [1.29, 1.82) is 5.26 Å². The quantitative estimate of drug-likeness (QED) is 0.912. The fraction of sp³-hybridized carbons (Fsp3) is 0.533. The Kier molecular flexibility index (Phi) is 4.43. The minimum atomic E-state index is -4.50. The van der Waals surface area contributed by atoms with Crippen LogP contribution in [0.5, 0.6) is 0 Å². The first-order chi connectivity index (χ1) is 9.86. The second kappa shape index (κ2) is 5.94. The maximum atomic E-state index is 12.8. The largest absolute Gasteiger partial charge is 0.417 e. The van der Waals surface area contributed by atoms with Crippen LogP contribution >= 0.6 is 0 Å². The Morgan fingerprint density at radius 2 is 2.10 bits per heavy atom. The van der Waals surface area contributed by atoms with E-state index >= 15 is 0 Å². The zero-order valence-electron chi connectivity index (χ0n) is 11.8. The zero-order chi connectivity index (χ0) is 15.6. The first-order valence-corrected chi connectivity index (χ1v) is 6.95. The summed E-state index contributed by atoms with van der Waals surface area (Å²) < 4.78 is 38.5. The summed E-state index contributed by atoms with van der Waals surface area (Å²) in [6, 6.07) is 5.65. The highest BCUT2D eigenvalue weighted by molar-refractivity contribution is 5.56. The number of nitrogens with zero attached hydrogens (tertiary/aromatic N) is 2. The van der Waals surface area contributed by atoms with Crippen molar-refractivity contribution < 1.29 is 13.2 Å². The number of piperidine rings is 1. The molecule has 3 nitrogen and oxygen atoms in total. The van der Waals surface area contributed by atoms with Gasteiger partial charge in [0.25, 0.3) is 0 Å². The molecule has 6 heteroatoms. The highest BCUT2D eigenvalue weighted by Crippen LogP contribution is 2.35. The van der Waals surface area contributed by atoms with Gasteiger partial charge in [-0.05, 0) is 50.4 Å². The first kappa shape index (κ1) is 15.6. The SMILES string of the molecule is CC1CCC(CN)CN1c1ccc(C(F)(F)F)c(C#N)c1. The number of halogens is 3. The van der Waals surface area contributed by atoms with Crippen LogP contribution in [0.4, 0.5) is 18.9 Å². The Balaban J connectivity index is 2.34. The third-order valence-electron chi connectivity index (χ3n) is 4.07. The molecule has 1 aliphatic rings. The Bertz CT molecular complexity index is 548. The van der Waals surface area contributed by atoms with E-state index in [-0.39, 0.29) is 11.6 Å². The van der Waals surface area contributed by atoms with E-state index in [0.29, 0.717) is 24.7 Å². The number of nitrogens with two attached hydrogens (primary N) is 1. The molecular formula is C15H18F3N3. The third kappa shape index (κ3) is 3.30. The highest BCUT2D eigenvalue weighted by atomic mass is 19.4. The fourth-order valence-corrected chi connectivity index (χ4v) is 2.79. The van der Waals surface area contributed by atoms with Crippen molar-refractivity contribution in [2.75, 3.05) is 18.0 Å². The van der Waals surface area contributed by atoms with Crippen molar-refractivity contribution in [1.82, 2.24) is 0 Å². The molecule has 0 bridgehead atoms. The molecule has 0 saturated carbocycles. The summed E-state index contributed by atoms with van der Waals surface area (Å²) in [4.78, 5) is 2.04. The summed E-state index contributed by atoms with van der Waals surface area (Å²) in [5.74, 6) is 0.342. The van der Waals surface area contributed by atoms with Gasteiger partial charge in [0, 0.05) is 18.3 Å². The van der Waals surface area contributed by atoms with Crippen molar-refractivity contribution in [2.24, 2.45) is 11.7 Å². The number of benzene rings is 1. The summed E-state index contributed by atoms with van der Waals surface area (Å²) in [6.07, 6.45) is -2.53. The van der Waals surface area contributed by atoms with Crippen molar-refractivity contribution >= 4 is 5.69 Å². The predicted octanol–water partition coefficient (Wildman–Crippen LogP) is 3.14. The van der Waals surface area contributed by atoms with Crippen LogP contribution in [0.15, 0.2) is 18.2 Å². The van der Waals surface area contributed by atoms with E-state index in [1.54, 1.807) is 6.07 Å². The molecule has 0 radical (unpaired) electrons. The summed E-state index contributed by atoms with van der Waals surface area (Å²) in [6.45, 7) is 3.32. The van der Waals surface area contributed by atoms with Gasteiger partial charge >= 0.3 is 6.18 Å². The van der Waals surface area contributed by atoms with Gasteiger partial charge in [0.15, 0.2) is 0 Å². The van der Waals surface area contributed by atoms with Gasteiger partial charge in [0.1, 0.15) is 0 Å². The van der Waals surface area contributed by atoms with Gasteiger partial charge in [-0.1, -0.05) is 0 Å². The molecule has 0 spiro atoms. The van der Waals surface area contributed by atoms with Gasteiger partial charge in [-0.2, -0.15) is 18.4 Å². The first-order valence-electron chi connectivity index (χ1n) is 6.95. The Morgan fingerprint density at radius 3 is 2.67 bits per heavy atom. The maximum Gasteiger partial charge on any atom is 0.417 e. The molecule has 21 heavy (non-hydrogen) atoms. The van der Waals surface area contributed by atoms with E-state index in [0.717, 1.165) is 18.9 Å². The number of alkyl halides is 3. The van der Waals surface area contributed by atoms with E-state index < -0.39 is 11.7 Å². The van der Waals surface area contributed by atoms with Crippen LogP contribution in [0.1, 0.15) is 30.9 Å². The van der Waals surface area contributed by atoms with Crippen LogP contribution in [0.25, 0.3) is 0 Å². The standard InChI is InChI=1S/C15H18F3N3/c1-10-2-3-11(7-19)9-21(10)13-4-5-14(15(16,17)18)12(6-13)8-20/h4-6,10-11H,2-3,7,9,19H2,1H3. The molecular weight excluding hydrogens is 279 g/mol. The molecule has 2 N–H and O–H groups in total. The van der Waals surface area contributed by atoms with Crippen LogP contribution in [-0.4, -0.2) is 19.1 Å². The number of anilines is 1. The molecule has 1 saturated heterocycles. The monoisotopic (exact) mass is 297 g/mol. The molecule has 114 valence electrons. The predicted molar refractivity (Wildman–Crippen MR) is 74.7 cm³/mol. The molecule has 2 atom stereocenters. The molecule has 2 rings (SSSR count). The van der Waals surface area contributed by atoms with E-state index in [1.165, 1.54) is 12.1 Å². The Hall–Kier alpha value is -1.74. The molecule has 1 aliphatic heterocycles. The summed E-state index contributed by atoms with van der Waals surface area (Å²) in [5, 5.41) is 8.98. The lowest BCUT2D eigenvalue weighted by Crippen LogP contribution is -2.44. The van der Waals surface area contributed by atoms with E-state index in [9.17, 15) is 13.2 Å². The van der Waals surface area contributed by atoms with Gasteiger partial charge in [-0.3, -0.25) is 0 Å². The van der Waals surface area contributed by atoms with Crippen LogP contribution in [0, 0.1) is 17.2 Å². The van der Waals surface area contributed by atoms with E-state index in [2.05, 4.69) is 0 Å². The normalized spacial score (nSPS) is 23.0. The van der Waals surface area contributed by atoms with Crippen molar-refractivity contribution in [2.45, 2.75) is 32.0 Å². The lowest BCUT2D eigenvalue weighted by Gasteiger charge is -2.39. The minimum Gasteiger partial charge on any atom is -0.368 e. The van der Waals surface area contributed by atoms with Gasteiger partial charge in [0.05, 0.1) is 17.2 Å². The van der Waals surface area contributed by atoms with Crippen LogP contribution < -0.4 is 10.6 Å². The van der Waals surface area contributed by atoms with Gasteiger partial charge < -0.3 is 10.6 Å². The summed E-state index contributed by atoms with van der Waals surface area (Å²) in [7, 11) is 0. The molecule has 0 aliphatic carbocycles. The van der Waals surface area contributed by atoms with Crippen LogP contribution in [0.2, 0.25) is 0 Å². The Morgan fingerprint density at radius 1 is 1.38 bits per heavy atom. The van der Waals surface area contributed by atoms with Gasteiger partial charge in [-0.25, -0.2) is 0 Å². The molecule has 2 unspecified atom stereocenters. The molecule has 1 aromatic rings. The number of hydrogen-bond acceptors (Lipinski definition) is 3. The lowest BCUT2D eigenvalue weighted by atomic mass is 9.92. The van der Waals surface area contributed by atoms with Crippen molar-refractivity contribution in [3.63, 3.8) is 0 Å². The van der Waals surface area contributed by atoms with Crippen molar-refractivity contribution in [3.05, 3.63) is 29.3 Å². The molecule has 0 aromatic heterocycles. The fourth-order valence-electron chi connectivity index (χ4n) is 2.79. The maximum absolute atomic E-state index is 12.8. The third-order valence-corrected chi connectivity index (χ3v) is 4.07. The zero-order valence-corrected chi connectivity index (χ0v) is 11.8. The highest BCUT2D eigenvalue weighted by Gasteiger charge is 2.34. The van der Waals surface area contributed by atoms with Gasteiger partial charge in [-0.15, -0.1) is 0 Å². The summed E-state index contributed by atoms with van der Waals surface area (Å²) >= 11 is 0. The number of nitriles is 1. The van der Waals surface area contributed by atoms with Crippen LogP contribution in [0.3, 0.4) is 0 Å². The minimum absolute atomic E-state index is 0.232. The van der Waals surface area contributed by atoms with Gasteiger partial charge in [0.2, 0.25) is 0 Å². The second-order valence-corrected chi connectivity index (χ2v) is 5.52. The lowest BCUT2D eigenvalue weighted by molar-refractivity contribution is -0.137. The molecule has 1 heterocycles. The summed E-state index contributed by atoms with van der Waals surface area (Å²) in [5.41, 5.74) is 5.14. The molecule has 1 fully saturated rings. The number of hydrogen-bond donors (Lipinski definition) is 1. The topological polar surface area (TPSA) is 53.0 Å². The Labute approximate surface area is 122 Å².